The Bertz CT molecular complexity index is 808. The highest BCUT2D eigenvalue weighted by molar-refractivity contribution is 8.43. The summed E-state index contributed by atoms with van der Waals surface area (Å²) in [7, 11) is -1.87. The van der Waals surface area contributed by atoms with Crippen LogP contribution in [-0.2, 0) is 4.79 Å². The molecule has 23 heavy (non-hydrogen) atoms. The number of hydrogen-bond acceptors (Lipinski definition) is 6. The summed E-state index contributed by atoms with van der Waals surface area (Å²) < 4.78 is 3.06. The van der Waals surface area contributed by atoms with Crippen molar-refractivity contribution < 1.29 is 4.79 Å². The maximum Gasteiger partial charge on any atom is 0.266 e. The molecule has 0 saturated carbocycles. The van der Waals surface area contributed by atoms with E-state index < -0.39 is 10.2 Å². The lowest BCUT2D eigenvalue weighted by Crippen LogP contribution is -2.29. The molecule has 0 spiro atoms. The van der Waals surface area contributed by atoms with Gasteiger partial charge in [0.25, 0.3) is 5.91 Å². The van der Waals surface area contributed by atoms with Crippen LogP contribution in [0.25, 0.3) is 10.6 Å². The van der Waals surface area contributed by atoms with Crippen LogP contribution < -0.4 is 4.90 Å². The first-order chi connectivity index (χ1) is 11.0. The van der Waals surface area contributed by atoms with Crippen LogP contribution in [0.1, 0.15) is 6.92 Å². The lowest BCUT2D eigenvalue weighted by atomic mass is 10.3. The van der Waals surface area contributed by atoms with Gasteiger partial charge < -0.3 is 0 Å². The lowest BCUT2D eigenvalue weighted by Gasteiger charge is -2.19. The highest BCUT2D eigenvalue weighted by Gasteiger charge is 2.43. The van der Waals surface area contributed by atoms with Gasteiger partial charge in [-0.1, -0.05) is 33.2 Å². The summed E-state index contributed by atoms with van der Waals surface area (Å²) in [6, 6.07) is 3.69. The van der Waals surface area contributed by atoms with Crippen molar-refractivity contribution in [2.45, 2.75) is 6.92 Å². The fourth-order valence-electron chi connectivity index (χ4n) is 2.06. The van der Waals surface area contributed by atoms with Gasteiger partial charge in [0.2, 0.25) is 0 Å². The molecule has 0 bridgehead atoms. The minimum atomic E-state index is -1.87. The molecule has 2 aromatic rings. The Hall–Kier alpha value is -1.77. The molecule has 0 N–H and O–H groups in total. The van der Waals surface area contributed by atoms with Crippen LogP contribution in [-0.4, -0.2) is 28.7 Å². The van der Waals surface area contributed by atoms with Crippen molar-refractivity contribution in [3.8, 4) is 10.6 Å². The summed E-state index contributed by atoms with van der Waals surface area (Å²) in [4.78, 5) is 33.8. The monoisotopic (exact) mass is 368 g/mol. The van der Waals surface area contributed by atoms with Gasteiger partial charge in [0.05, 0.1) is 4.91 Å². The molecule has 2 aromatic heterocycles. The lowest BCUT2D eigenvalue weighted by molar-refractivity contribution is -0.114. The first-order valence-electron chi connectivity index (χ1n) is 6.73. The largest absolute Gasteiger partial charge is 0.297 e. The first kappa shape index (κ1) is 16.1. The van der Waals surface area contributed by atoms with Crippen LogP contribution in [0.3, 0.4) is 0 Å². The van der Waals surface area contributed by atoms with Crippen molar-refractivity contribution in [2.75, 3.05) is 17.7 Å². The molecular formula is C14H13ClN4O2S2. The summed E-state index contributed by atoms with van der Waals surface area (Å²) >= 11 is 7.55. The summed E-state index contributed by atoms with van der Waals surface area (Å²) in [5.41, 5.74) is 0.838. The number of carbonyl (C=O) groups is 1. The minimum absolute atomic E-state index is 0.229. The SMILES string of the molecule is CCN(C(=O)C1=CS1(C)N=O)c1sc(-c2cccnc2)nc1Cl. The number of halogens is 1. The molecule has 6 nitrogen and oxygen atoms in total. The van der Waals surface area contributed by atoms with E-state index in [4.69, 9.17) is 11.6 Å². The molecule has 0 fully saturated rings. The molecule has 1 amide bonds. The van der Waals surface area contributed by atoms with Crippen molar-refractivity contribution in [2.24, 2.45) is 4.58 Å². The molecule has 1 aliphatic rings. The van der Waals surface area contributed by atoms with E-state index in [1.165, 1.54) is 16.2 Å². The van der Waals surface area contributed by atoms with E-state index in [1.807, 2.05) is 19.1 Å². The Morgan fingerprint density at radius 2 is 2.30 bits per heavy atom. The van der Waals surface area contributed by atoms with E-state index in [1.54, 1.807) is 24.1 Å². The zero-order valence-electron chi connectivity index (χ0n) is 12.4. The van der Waals surface area contributed by atoms with E-state index in [2.05, 4.69) is 14.6 Å². The highest BCUT2D eigenvalue weighted by Crippen LogP contribution is 2.69. The van der Waals surface area contributed by atoms with E-state index in [-0.39, 0.29) is 11.1 Å². The number of thiazole rings is 1. The third-order valence-electron chi connectivity index (χ3n) is 3.37. The van der Waals surface area contributed by atoms with E-state index in [9.17, 15) is 9.70 Å². The maximum absolute atomic E-state index is 12.6. The average Bonchev–Trinajstić information content (AvgIpc) is 3.12. The van der Waals surface area contributed by atoms with Crippen LogP contribution in [0.15, 0.2) is 39.4 Å². The Kier molecular flexibility index (Phi) is 4.22. The van der Waals surface area contributed by atoms with E-state index in [0.717, 1.165) is 5.56 Å². The molecule has 0 radical (unpaired) electrons. The fraction of sp³-hybridized carbons (Fsp3) is 0.214. The zero-order chi connectivity index (χ0) is 16.6. The molecule has 1 unspecified atom stereocenters. The van der Waals surface area contributed by atoms with Crippen molar-refractivity contribution in [3.63, 3.8) is 0 Å². The molecule has 1 atom stereocenters. The van der Waals surface area contributed by atoms with Gasteiger partial charge in [0.1, 0.15) is 10.0 Å². The second-order valence-electron chi connectivity index (χ2n) is 4.90. The average molecular weight is 369 g/mol. The summed E-state index contributed by atoms with van der Waals surface area (Å²) in [5, 5.41) is 3.17. The van der Waals surface area contributed by atoms with E-state index >= 15 is 0 Å². The number of amides is 1. The van der Waals surface area contributed by atoms with Crippen LogP contribution in [0.5, 0.6) is 0 Å². The zero-order valence-corrected chi connectivity index (χ0v) is 14.8. The fourth-order valence-corrected chi connectivity index (χ4v) is 4.90. The molecule has 0 aliphatic carbocycles. The molecule has 120 valence electrons. The third-order valence-corrected chi connectivity index (χ3v) is 6.81. The van der Waals surface area contributed by atoms with Gasteiger partial charge in [-0.05, 0) is 35.3 Å². The number of hydrogen-bond donors (Lipinski definition) is 0. The van der Waals surface area contributed by atoms with Crippen molar-refractivity contribution in [1.82, 2.24) is 9.97 Å². The molecular weight excluding hydrogens is 356 g/mol. The number of rotatable bonds is 5. The van der Waals surface area contributed by atoms with Gasteiger partial charge in [-0.25, -0.2) is 4.98 Å². The topological polar surface area (TPSA) is 75.5 Å². The first-order valence-corrected chi connectivity index (χ1v) is 9.99. The molecule has 1 aliphatic heterocycles. The van der Waals surface area contributed by atoms with Crippen molar-refractivity contribution in [3.05, 3.63) is 44.9 Å². The second kappa shape index (κ2) is 6.03. The number of likely N-dealkylation sites (N-methyl/N-ethyl adjacent to an activating group) is 1. The van der Waals surface area contributed by atoms with Crippen LogP contribution >= 0.6 is 33.2 Å². The van der Waals surface area contributed by atoms with Gasteiger partial charge in [0.15, 0.2) is 5.15 Å². The molecule has 9 heteroatoms. The highest BCUT2D eigenvalue weighted by atomic mass is 35.5. The van der Waals surface area contributed by atoms with Crippen LogP contribution in [0, 0.1) is 4.91 Å². The Labute approximate surface area is 143 Å². The predicted molar refractivity (Wildman–Crippen MR) is 95.8 cm³/mol. The summed E-state index contributed by atoms with van der Waals surface area (Å²) in [6.45, 7) is 2.28. The smallest absolute Gasteiger partial charge is 0.266 e. The number of carbonyl (C=O) groups excluding carboxylic acids is 1. The number of anilines is 1. The molecule has 0 saturated heterocycles. The number of nitroso groups, excluding NO2 is 1. The maximum atomic E-state index is 12.6. The summed E-state index contributed by atoms with van der Waals surface area (Å²) in [6.07, 6.45) is 5.06. The second-order valence-corrected chi connectivity index (χ2v) is 8.93. The third kappa shape index (κ3) is 2.89. The Balaban J connectivity index is 1.91. The quantitative estimate of drug-likeness (QED) is 0.742. The molecule has 0 aromatic carbocycles. The van der Waals surface area contributed by atoms with Crippen LogP contribution in [0.2, 0.25) is 5.15 Å². The Morgan fingerprint density at radius 3 is 2.87 bits per heavy atom. The van der Waals surface area contributed by atoms with Crippen LogP contribution in [0.4, 0.5) is 5.00 Å². The minimum Gasteiger partial charge on any atom is -0.297 e. The Morgan fingerprint density at radius 1 is 1.52 bits per heavy atom. The molecule has 3 rings (SSSR count). The number of aromatic nitrogens is 2. The van der Waals surface area contributed by atoms with Crippen molar-refractivity contribution in [1.29, 1.82) is 0 Å². The van der Waals surface area contributed by atoms with Gasteiger partial charge in [-0.2, -0.15) is 0 Å². The normalized spacial score (nSPS) is 22.0. The van der Waals surface area contributed by atoms with Gasteiger partial charge in [0, 0.05) is 24.5 Å². The van der Waals surface area contributed by atoms with E-state index in [0.29, 0.717) is 21.5 Å². The van der Waals surface area contributed by atoms with Gasteiger partial charge >= 0.3 is 0 Å². The van der Waals surface area contributed by atoms with Gasteiger partial charge in [-0.3, -0.25) is 14.7 Å². The predicted octanol–water partition coefficient (Wildman–Crippen LogP) is 4.18. The summed E-state index contributed by atoms with van der Waals surface area (Å²) in [5.74, 6) is -0.229. The molecule has 3 heterocycles. The van der Waals surface area contributed by atoms with Gasteiger partial charge in [-0.15, -0.1) is 4.91 Å². The number of pyridine rings is 1. The standard InChI is InChI=1S/C14H13ClN4O2S2/c1-3-19(13(20)10-8-23(10,2)18-21)14-11(15)17-12(22-14)9-5-4-6-16-7-9/h4-8H,3H2,1-2H3. The van der Waals surface area contributed by atoms with Crippen molar-refractivity contribution >= 4 is 44.1 Å². The number of nitrogens with zero attached hydrogens (tertiary/aromatic N) is 4.